The minimum absolute atomic E-state index is 0.0146. The van der Waals surface area contributed by atoms with Crippen molar-refractivity contribution in [1.82, 2.24) is 0 Å². The number of carbonyl (C=O) groups is 1. The van der Waals surface area contributed by atoms with Crippen molar-refractivity contribution < 1.29 is 28.2 Å². The van der Waals surface area contributed by atoms with Gasteiger partial charge in [0.05, 0.1) is 28.3 Å². The summed E-state index contributed by atoms with van der Waals surface area (Å²) in [5.41, 5.74) is 1.10. The van der Waals surface area contributed by atoms with E-state index in [1.807, 2.05) is 12.1 Å². The largest absolute Gasteiger partial charge is 0.547 e. The second-order valence-electron chi connectivity index (χ2n) is 9.83. The molecule has 6 rings (SSSR count). The van der Waals surface area contributed by atoms with Gasteiger partial charge in [0, 0.05) is 6.42 Å². The first-order valence-corrected chi connectivity index (χ1v) is 14.9. The maximum absolute atomic E-state index is 11.4. The van der Waals surface area contributed by atoms with Gasteiger partial charge in [-0.3, -0.25) is 4.99 Å². The number of alkyl halides is 3. The van der Waals surface area contributed by atoms with Crippen molar-refractivity contribution in [3.8, 4) is 0 Å². The van der Waals surface area contributed by atoms with Gasteiger partial charge in [0.25, 0.3) is 0 Å². The summed E-state index contributed by atoms with van der Waals surface area (Å²) in [6.45, 7) is 0.113. The van der Waals surface area contributed by atoms with E-state index < -0.39 is 17.7 Å². The molecule has 1 atom stereocenters. The second kappa shape index (κ2) is 14.7. The molecule has 0 saturated carbocycles. The van der Waals surface area contributed by atoms with Gasteiger partial charge in [-0.05, 0) is 60.5 Å². The van der Waals surface area contributed by atoms with Crippen LogP contribution < -0.4 is 5.11 Å². The van der Waals surface area contributed by atoms with Crippen LogP contribution in [-0.4, -0.2) is 28.6 Å². The Hall–Kier alpha value is -4.66. The summed E-state index contributed by atoms with van der Waals surface area (Å²) >= 11 is 0. The van der Waals surface area contributed by atoms with Crippen LogP contribution in [0, 0.1) is 0 Å². The highest BCUT2D eigenvalue weighted by atomic mass is 32.2. The number of halogens is 3. The van der Waals surface area contributed by atoms with E-state index in [1.54, 1.807) is 0 Å². The number of carboxylic acids is 1. The van der Waals surface area contributed by atoms with E-state index in [4.69, 9.17) is 5.11 Å². The van der Waals surface area contributed by atoms with E-state index in [0.717, 1.165) is 12.1 Å². The number of rotatable bonds is 5. The average Bonchev–Trinajstić information content (AvgIpc) is 3.48. The smallest absolute Gasteiger partial charge is 0.422 e. The number of aliphatic carboxylic acids is 1. The van der Waals surface area contributed by atoms with Crippen LogP contribution in [0.5, 0.6) is 0 Å². The van der Waals surface area contributed by atoms with E-state index in [1.165, 1.54) is 31.5 Å². The lowest BCUT2D eigenvalue weighted by atomic mass is 10.0. The topological polar surface area (TPSA) is 72.7 Å². The van der Waals surface area contributed by atoms with Crippen LogP contribution in [0.25, 0.3) is 0 Å². The molecule has 1 aliphatic heterocycles. The summed E-state index contributed by atoms with van der Waals surface area (Å²) in [5, 5.41) is 17.7. The molecule has 5 aromatic carbocycles. The van der Waals surface area contributed by atoms with Crippen LogP contribution in [0.4, 0.5) is 18.9 Å². The number of para-hydroxylation sites is 1. The zero-order chi connectivity index (χ0) is 31.6. The van der Waals surface area contributed by atoms with Crippen LogP contribution in [0.15, 0.2) is 165 Å². The van der Waals surface area contributed by atoms with Crippen molar-refractivity contribution in [2.45, 2.75) is 39.8 Å². The highest BCUT2D eigenvalue weighted by Crippen LogP contribution is 2.31. The van der Waals surface area contributed by atoms with Crippen LogP contribution in [0.3, 0.4) is 0 Å². The predicted molar refractivity (Wildman–Crippen MR) is 166 cm³/mol. The third-order valence-electron chi connectivity index (χ3n) is 6.60. The molecule has 0 aromatic heterocycles. The van der Waals surface area contributed by atoms with E-state index in [0.29, 0.717) is 0 Å². The van der Waals surface area contributed by atoms with E-state index in [-0.39, 0.29) is 17.8 Å². The number of aliphatic hydroxyl groups is 1. The lowest BCUT2D eigenvalue weighted by Gasteiger charge is -2.26. The molecule has 0 fully saturated rings. The van der Waals surface area contributed by atoms with Crippen molar-refractivity contribution in [2.75, 3.05) is 0 Å². The Morgan fingerprint density at radius 1 is 0.682 bits per heavy atom. The van der Waals surface area contributed by atoms with Crippen molar-refractivity contribution in [1.29, 1.82) is 0 Å². The molecule has 0 amide bonds. The van der Waals surface area contributed by atoms with Gasteiger partial charge in [0.2, 0.25) is 0 Å². The SMILES string of the molecule is CC(O)(C(=O)[O-])C(F)(F)F.c1ccc(C2=Nc3ccccc3C2)cc1.c1ccc([S+](c2ccccc2)c2ccccc2)cc1. The molecular formula is C36H30F3NO3S. The molecule has 0 saturated heterocycles. The first kappa shape index (κ1) is 32.3. The van der Waals surface area contributed by atoms with Crippen LogP contribution in [0.1, 0.15) is 18.1 Å². The molecule has 8 heteroatoms. The molecule has 44 heavy (non-hydrogen) atoms. The summed E-state index contributed by atoms with van der Waals surface area (Å²) in [7, 11) is -0.0146. The zero-order valence-electron chi connectivity index (χ0n) is 23.8. The molecule has 1 aliphatic rings. The maximum atomic E-state index is 11.4. The minimum atomic E-state index is -5.19. The predicted octanol–water partition coefficient (Wildman–Crippen LogP) is 7.20. The summed E-state index contributed by atoms with van der Waals surface area (Å²) < 4.78 is 34.2. The number of carbonyl (C=O) groups excluding carboxylic acids is 1. The molecular weight excluding hydrogens is 583 g/mol. The molecule has 0 spiro atoms. The minimum Gasteiger partial charge on any atom is -0.547 e. The Kier molecular flexibility index (Phi) is 10.8. The molecule has 1 N–H and O–H groups in total. The Morgan fingerprint density at radius 3 is 1.43 bits per heavy atom. The molecule has 0 radical (unpaired) electrons. The fraction of sp³-hybridized carbons (Fsp3) is 0.111. The van der Waals surface area contributed by atoms with Gasteiger partial charge in [0.15, 0.2) is 20.3 Å². The van der Waals surface area contributed by atoms with Crippen molar-refractivity contribution in [2.24, 2.45) is 4.99 Å². The van der Waals surface area contributed by atoms with Crippen molar-refractivity contribution >= 4 is 28.3 Å². The van der Waals surface area contributed by atoms with Gasteiger partial charge in [-0.25, -0.2) is 0 Å². The summed E-state index contributed by atoms with van der Waals surface area (Å²) in [6, 6.07) is 50.9. The zero-order valence-corrected chi connectivity index (χ0v) is 24.6. The van der Waals surface area contributed by atoms with Crippen molar-refractivity contribution in [3.63, 3.8) is 0 Å². The van der Waals surface area contributed by atoms with E-state index in [2.05, 4.69) is 138 Å². The van der Waals surface area contributed by atoms with Crippen LogP contribution >= 0.6 is 0 Å². The number of nitrogens with zero attached hydrogens (tertiary/aromatic N) is 1. The van der Waals surface area contributed by atoms with Gasteiger partial charge < -0.3 is 15.0 Å². The molecule has 0 aliphatic carbocycles. The van der Waals surface area contributed by atoms with Crippen LogP contribution in [-0.2, 0) is 22.1 Å². The molecule has 224 valence electrons. The monoisotopic (exact) mass is 613 g/mol. The first-order valence-electron chi connectivity index (χ1n) is 13.7. The fourth-order valence-corrected chi connectivity index (χ4v) is 6.23. The lowest BCUT2D eigenvalue weighted by Crippen LogP contribution is -2.56. The summed E-state index contributed by atoms with van der Waals surface area (Å²) in [6.07, 6.45) is -4.23. The summed E-state index contributed by atoms with van der Waals surface area (Å²) in [5.74, 6) is -2.56. The molecule has 0 bridgehead atoms. The Labute approximate surface area is 257 Å². The molecule has 1 unspecified atom stereocenters. The number of hydrogen-bond donors (Lipinski definition) is 1. The summed E-state index contributed by atoms with van der Waals surface area (Å²) in [4.78, 5) is 18.3. The van der Waals surface area contributed by atoms with Gasteiger partial charge in [-0.15, -0.1) is 0 Å². The lowest BCUT2D eigenvalue weighted by molar-refractivity contribution is -0.351. The fourth-order valence-electron chi connectivity index (χ4n) is 4.13. The maximum Gasteiger partial charge on any atom is 0.422 e. The van der Waals surface area contributed by atoms with Crippen LogP contribution in [0.2, 0.25) is 0 Å². The standard InChI is InChI=1S/C18H15S.C14H11N.C4H5F3O3/c1-4-10-16(11-5-1)19(17-12-6-2-7-13-17)18-14-8-3-9-15-18;1-2-6-11(7-3-1)14-10-12-8-4-5-9-13(12)15-14;1-3(10,2(8)9)4(5,6)7/h1-15H;1-9H,10H2;10H,1H3,(H,8,9)/q+1;;/p-1. The number of fused-ring (bicyclic) bond motifs is 1. The van der Waals surface area contributed by atoms with Gasteiger partial charge in [-0.2, -0.15) is 13.2 Å². The number of benzene rings is 5. The van der Waals surface area contributed by atoms with Gasteiger partial charge in [-0.1, -0.05) is 103 Å². The normalized spacial score (nSPS) is 13.3. The number of aliphatic imine (C=N–C) groups is 1. The van der Waals surface area contributed by atoms with Gasteiger partial charge >= 0.3 is 6.18 Å². The Bertz CT molecular complexity index is 1570. The number of carboxylic acid groups (broad SMARTS) is 1. The quantitative estimate of drug-likeness (QED) is 0.213. The third-order valence-corrected chi connectivity index (χ3v) is 8.83. The highest BCUT2D eigenvalue weighted by molar-refractivity contribution is 7.97. The molecule has 5 aromatic rings. The highest BCUT2D eigenvalue weighted by Gasteiger charge is 2.51. The Balaban J connectivity index is 0.000000159. The third kappa shape index (κ3) is 8.24. The van der Waals surface area contributed by atoms with E-state index in [9.17, 15) is 23.1 Å². The average molecular weight is 614 g/mol. The molecule has 4 nitrogen and oxygen atoms in total. The van der Waals surface area contributed by atoms with E-state index >= 15 is 0 Å². The van der Waals surface area contributed by atoms with Gasteiger partial charge in [0.1, 0.15) is 0 Å². The Morgan fingerprint density at radius 2 is 1.07 bits per heavy atom. The van der Waals surface area contributed by atoms with Crippen molar-refractivity contribution in [3.05, 3.63) is 157 Å². The number of hydrogen-bond acceptors (Lipinski definition) is 4. The first-order chi connectivity index (χ1) is 21.1. The second-order valence-corrected chi connectivity index (χ2v) is 11.9. The molecule has 1 heterocycles.